The largest absolute Gasteiger partial charge is 0.464 e. The predicted molar refractivity (Wildman–Crippen MR) is 69.0 cm³/mol. The molecule has 2 rings (SSSR count). The Bertz CT molecular complexity index is 471. The fourth-order valence-corrected chi connectivity index (χ4v) is 2.38. The van der Waals surface area contributed by atoms with Crippen LogP contribution < -0.4 is 0 Å². The number of hydrogen-bond acceptors (Lipinski definition) is 4. The molecule has 19 heavy (non-hydrogen) atoms. The quantitative estimate of drug-likeness (QED) is 0.801. The molecule has 104 valence electrons. The number of piperidine rings is 1. The number of nitrogens with zero attached hydrogens (tertiary/aromatic N) is 1. The standard InChI is InChI=1S/C13H16ClNO4/c1-2-18-13(17)9-5-3-4-8-15(9)12(16)10-6-7-11(14)19-10/h6-7,9H,2-5,8H2,1H3. The van der Waals surface area contributed by atoms with Gasteiger partial charge in [0.1, 0.15) is 6.04 Å². The zero-order chi connectivity index (χ0) is 13.8. The predicted octanol–water partition coefficient (Wildman–Crippen LogP) is 2.49. The van der Waals surface area contributed by atoms with Gasteiger partial charge in [0.25, 0.3) is 5.91 Å². The third-order valence-electron chi connectivity index (χ3n) is 3.11. The van der Waals surface area contributed by atoms with E-state index in [-0.39, 0.29) is 22.9 Å². The minimum absolute atomic E-state index is 0.154. The van der Waals surface area contributed by atoms with Crippen LogP contribution in [-0.4, -0.2) is 36.0 Å². The van der Waals surface area contributed by atoms with Crippen LogP contribution in [0.2, 0.25) is 5.22 Å². The molecule has 0 aliphatic carbocycles. The van der Waals surface area contributed by atoms with Gasteiger partial charge in [0.15, 0.2) is 11.0 Å². The van der Waals surface area contributed by atoms with Crippen molar-refractivity contribution in [3.8, 4) is 0 Å². The fraction of sp³-hybridized carbons (Fsp3) is 0.538. The van der Waals surface area contributed by atoms with Crippen LogP contribution in [-0.2, 0) is 9.53 Å². The number of amides is 1. The molecule has 0 N–H and O–H groups in total. The Balaban J connectivity index is 2.15. The number of ether oxygens (including phenoxy) is 1. The second-order valence-electron chi connectivity index (χ2n) is 4.37. The zero-order valence-electron chi connectivity index (χ0n) is 10.7. The maximum absolute atomic E-state index is 12.3. The van der Waals surface area contributed by atoms with Crippen molar-refractivity contribution in [2.75, 3.05) is 13.2 Å². The van der Waals surface area contributed by atoms with Gasteiger partial charge in [-0.3, -0.25) is 4.79 Å². The van der Waals surface area contributed by atoms with Crippen LogP contribution in [0.4, 0.5) is 0 Å². The lowest BCUT2D eigenvalue weighted by atomic mass is 10.0. The van der Waals surface area contributed by atoms with E-state index in [2.05, 4.69) is 0 Å². The highest BCUT2D eigenvalue weighted by atomic mass is 35.5. The lowest BCUT2D eigenvalue weighted by molar-refractivity contribution is -0.149. The first-order valence-electron chi connectivity index (χ1n) is 6.36. The Kier molecular flexibility index (Phi) is 4.47. The van der Waals surface area contributed by atoms with Crippen molar-refractivity contribution in [2.24, 2.45) is 0 Å². The Morgan fingerprint density at radius 1 is 1.47 bits per heavy atom. The number of halogens is 1. The summed E-state index contributed by atoms with van der Waals surface area (Å²) in [5.41, 5.74) is 0. The maximum atomic E-state index is 12.3. The van der Waals surface area contributed by atoms with Crippen LogP contribution in [0.3, 0.4) is 0 Å². The highest BCUT2D eigenvalue weighted by Gasteiger charge is 2.34. The van der Waals surface area contributed by atoms with Gasteiger partial charge in [-0.25, -0.2) is 4.79 Å². The first-order chi connectivity index (χ1) is 9.13. The average Bonchev–Trinajstić information content (AvgIpc) is 2.85. The molecular weight excluding hydrogens is 270 g/mol. The SMILES string of the molecule is CCOC(=O)C1CCCCN1C(=O)c1ccc(Cl)o1. The molecule has 1 aromatic heterocycles. The van der Waals surface area contributed by atoms with Crippen molar-refractivity contribution >= 4 is 23.5 Å². The third kappa shape index (κ3) is 3.10. The van der Waals surface area contributed by atoms with E-state index in [0.717, 1.165) is 12.8 Å². The van der Waals surface area contributed by atoms with Crippen LogP contribution in [0.1, 0.15) is 36.7 Å². The van der Waals surface area contributed by atoms with Gasteiger partial charge >= 0.3 is 5.97 Å². The first kappa shape index (κ1) is 13.9. The van der Waals surface area contributed by atoms with E-state index in [1.165, 1.54) is 17.0 Å². The van der Waals surface area contributed by atoms with Crippen molar-refractivity contribution in [1.82, 2.24) is 4.90 Å². The maximum Gasteiger partial charge on any atom is 0.328 e. The smallest absolute Gasteiger partial charge is 0.328 e. The van der Waals surface area contributed by atoms with E-state index >= 15 is 0 Å². The Morgan fingerprint density at radius 2 is 2.26 bits per heavy atom. The van der Waals surface area contributed by atoms with Gasteiger partial charge in [-0.15, -0.1) is 0 Å². The van der Waals surface area contributed by atoms with Crippen molar-refractivity contribution < 1.29 is 18.7 Å². The summed E-state index contributed by atoms with van der Waals surface area (Å²) in [7, 11) is 0. The number of carbonyl (C=O) groups excluding carboxylic acids is 2. The number of hydrogen-bond donors (Lipinski definition) is 0. The number of rotatable bonds is 3. The topological polar surface area (TPSA) is 59.8 Å². The molecule has 2 heterocycles. The highest BCUT2D eigenvalue weighted by Crippen LogP contribution is 2.22. The van der Waals surface area contributed by atoms with E-state index in [1.54, 1.807) is 6.92 Å². The summed E-state index contributed by atoms with van der Waals surface area (Å²) in [5, 5.41) is 0.160. The summed E-state index contributed by atoms with van der Waals surface area (Å²) in [5.74, 6) is -0.515. The van der Waals surface area contributed by atoms with Crippen molar-refractivity contribution in [1.29, 1.82) is 0 Å². The normalized spacial score (nSPS) is 19.3. The average molecular weight is 286 g/mol. The van der Waals surface area contributed by atoms with Crippen LogP contribution in [0.25, 0.3) is 0 Å². The van der Waals surface area contributed by atoms with Crippen LogP contribution in [0, 0.1) is 0 Å². The second kappa shape index (κ2) is 6.10. The molecule has 0 aromatic carbocycles. The monoisotopic (exact) mass is 285 g/mol. The van der Waals surface area contributed by atoms with E-state index in [1.807, 2.05) is 0 Å². The molecule has 5 nitrogen and oxygen atoms in total. The molecule has 0 radical (unpaired) electrons. The second-order valence-corrected chi connectivity index (χ2v) is 4.74. The summed E-state index contributed by atoms with van der Waals surface area (Å²) >= 11 is 5.66. The molecule has 0 saturated carbocycles. The van der Waals surface area contributed by atoms with Crippen molar-refractivity contribution in [3.63, 3.8) is 0 Å². The Hall–Kier alpha value is -1.49. The summed E-state index contributed by atoms with van der Waals surface area (Å²) in [6.45, 7) is 2.59. The number of likely N-dealkylation sites (tertiary alicyclic amines) is 1. The van der Waals surface area contributed by atoms with Gasteiger partial charge in [0, 0.05) is 6.54 Å². The van der Waals surface area contributed by atoms with Crippen LogP contribution >= 0.6 is 11.6 Å². The van der Waals surface area contributed by atoms with E-state index < -0.39 is 6.04 Å². The van der Waals surface area contributed by atoms with Gasteiger partial charge in [-0.1, -0.05) is 0 Å². The highest BCUT2D eigenvalue weighted by molar-refractivity contribution is 6.29. The fourth-order valence-electron chi connectivity index (χ4n) is 2.23. The molecule has 1 fully saturated rings. The third-order valence-corrected chi connectivity index (χ3v) is 3.31. The molecule has 1 aromatic rings. The summed E-state index contributed by atoms with van der Waals surface area (Å²) in [4.78, 5) is 25.7. The van der Waals surface area contributed by atoms with Crippen LogP contribution in [0.5, 0.6) is 0 Å². The molecule has 0 bridgehead atoms. The molecule has 0 spiro atoms. The van der Waals surface area contributed by atoms with Gasteiger partial charge in [-0.2, -0.15) is 0 Å². The Morgan fingerprint density at radius 3 is 2.89 bits per heavy atom. The molecule has 6 heteroatoms. The minimum Gasteiger partial charge on any atom is -0.464 e. The summed E-state index contributed by atoms with van der Waals surface area (Å²) in [6.07, 6.45) is 2.40. The molecule has 1 amide bonds. The molecular formula is C13H16ClNO4. The van der Waals surface area contributed by atoms with Crippen molar-refractivity contribution in [3.05, 3.63) is 23.1 Å². The summed E-state index contributed by atoms with van der Waals surface area (Å²) in [6, 6.07) is 2.50. The first-order valence-corrected chi connectivity index (χ1v) is 6.74. The molecule has 1 unspecified atom stereocenters. The lowest BCUT2D eigenvalue weighted by Gasteiger charge is -2.33. The molecule has 1 atom stereocenters. The molecule has 1 aliphatic heterocycles. The van der Waals surface area contributed by atoms with Crippen LogP contribution in [0.15, 0.2) is 16.5 Å². The Labute approximate surface area is 116 Å². The number of furan rings is 1. The minimum atomic E-state index is -0.523. The summed E-state index contributed by atoms with van der Waals surface area (Å²) < 4.78 is 10.1. The van der Waals surface area contributed by atoms with E-state index in [4.69, 9.17) is 20.8 Å². The van der Waals surface area contributed by atoms with E-state index in [9.17, 15) is 9.59 Å². The van der Waals surface area contributed by atoms with Gasteiger partial charge in [0.2, 0.25) is 0 Å². The van der Waals surface area contributed by atoms with Gasteiger partial charge < -0.3 is 14.1 Å². The molecule has 1 aliphatic rings. The number of esters is 1. The van der Waals surface area contributed by atoms with Crippen molar-refractivity contribution in [2.45, 2.75) is 32.2 Å². The van der Waals surface area contributed by atoms with E-state index in [0.29, 0.717) is 19.6 Å². The van der Waals surface area contributed by atoms with Gasteiger partial charge in [-0.05, 0) is 49.9 Å². The molecule has 1 saturated heterocycles. The van der Waals surface area contributed by atoms with Gasteiger partial charge in [0.05, 0.1) is 6.61 Å². The lowest BCUT2D eigenvalue weighted by Crippen LogP contribution is -2.48. The number of carbonyl (C=O) groups is 2. The zero-order valence-corrected chi connectivity index (χ0v) is 11.5.